The summed E-state index contributed by atoms with van der Waals surface area (Å²) >= 11 is 0. The molecule has 1 atom stereocenters. The molecular weight excluding hydrogens is 422 g/mol. The molecule has 0 spiro atoms. The molecule has 0 amide bonds. The number of carbonyl (C=O) groups excluding carboxylic acids is 1. The predicted octanol–water partition coefficient (Wildman–Crippen LogP) is 4.26. The smallest absolute Gasteiger partial charge is 0.343 e. The third-order valence-corrected chi connectivity index (χ3v) is 6.74. The number of ether oxygens (including phenoxy) is 4. The molecule has 178 valence electrons. The number of rotatable bonds is 9. The molecule has 1 fully saturated rings. The topological polar surface area (TPSA) is 76.0 Å². The number of fused-ring (bicyclic) bond motifs is 3. The maximum Gasteiger partial charge on any atom is 0.343 e. The number of hydrogen-bond acceptors (Lipinski definition) is 6. The molecule has 0 saturated heterocycles. The van der Waals surface area contributed by atoms with Gasteiger partial charge >= 0.3 is 5.97 Å². The summed E-state index contributed by atoms with van der Waals surface area (Å²) in [4.78, 5) is 25.2. The SMILES string of the molecule is CCOC(=O)c1cn2c(cc1=O)-c1cc(OC)c(OCC3(COC)CC3)cc1CC2C(C)C. The van der Waals surface area contributed by atoms with Crippen LogP contribution in [-0.2, 0) is 15.9 Å². The quantitative estimate of drug-likeness (QED) is 0.526. The lowest BCUT2D eigenvalue weighted by Crippen LogP contribution is -2.28. The molecule has 7 nitrogen and oxygen atoms in total. The Balaban J connectivity index is 1.75. The number of benzene rings is 1. The third kappa shape index (κ3) is 4.51. The molecule has 33 heavy (non-hydrogen) atoms. The van der Waals surface area contributed by atoms with Gasteiger partial charge in [0.25, 0.3) is 0 Å². The Morgan fingerprint density at radius 2 is 1.91 bits per heavy atom. The Morgan fingerprint density at radius 1 is 1.15 bits per heavy atom. The standard InChI is InChI=1S/C26H33NO6/c1-6-32-25(29)19-13-27-20(16(2)3)9-17-10-24(33-15-26(7-8-26)14-30-4)23(31-5)11-18(17)21(27)12-22(19)28/h10-13,16,20H,6-9,14-15H2,1-5H3. The summed E-state index contributed by atoms with van der Waals surface area (Å²) in [5, 5.41) is 0. The van der Waals surface area contributed by atoms with Gasteiger partial charge in [0.1, 0.15) is 5.56 Å². The van der Waals surface area contributed by atoms with Crippen molar-refractivity contribution in [1.82, 2.24) is 4.57 Å². The molecule has 0 bridgehead atoms. The van der Waals surface area contributed by atoms with Crippen LogP contribution in [0.4, 0.5) is 0 Å². The van der Waals surface area contributed by atoms with Gasteiger partial charge in [-0.1, -0.05) is 13.8 Å². The number of esters is 1. The Labute approximate surface area is 194 Å². The van der Waals surface area contributed by atoms with Crippen molar-refractivity contribution in [3.05, 3.63) is 45.7 Å². The van der Waals surface area contributed by atoms with Gasteiger partial charge in [0.05, 0.1) is 32.6 Å². The van der Waals surface area contributed by atoms with Crippen LogP contribution in [-0.4, -0.2) is 44.6 Å². The maximum absolute atomic E-state index is 12.8. The zero-order valence-corrected chi connectivity index (χ0v) is 20.1. The zero-order valence-electron chi connectivity index (χ0n) is 20.1. The molecule has 7 heteroatoms. The lowest BCUT2D eigenvalue weighted by atomic mass is 9.87. The molecule has 1 unspecified atom stereocenters. The minimum Gasteiger partial charge on any atom is -0.493 e. The Morgan fingerprint density at radius 3 is 2.52 bits per heavy atom. The lowest BCUT2D eigenvalue weighted by Gasteiger charge is -2.34. The Hall–Kier alpha value is -2.80. The van der Waals surface area contributed by atoms with Crippen LogP contribution in [0.1, 0.15) is 55.6 Å². The Bertz CT molecular complexity index is 1100. The summed E-state index contributed by atoms with van der Waals surface area (Å²) in [6.45, 7) is 7.51. The van der Waals surface area contributed by atoms with Crippen LogP contribution in [0.25, 0.3) is 11.3 Å². The molecule has 1 aromatic carbocycles. The van der Waals surface area contributed by atoms with Crippen molar-refractivity contribution in [3.63, 3.8) is 0 Å². The van der Waals surface area contributed by atoms with Gasteiger partial charge in [-0.3, -0.25) is 4.79 Å². The van der Waals surface area contributed by atoms with Gasteiger partial charge in [0, 0.05) is 36.4 Å². The minimum atomic E-state index is -0.586. The highest BCUT2D eigenvalue weighted by Crippen LogP contribution is 2.48. The van der Waals surface area contributed by atoms with E-state index >= 15 is 0 Å². The molecule has 1 aromatic heterocycles. The van der Waals surface area contributed by atoms with E-state index in [4.69, 9.17) is 18.9 Å². The minimum absolute atomic E-state index is 0.0643. The average molecular weight is 456 g/mol. The number of aromatic nitrogens is 1. The van der Waals surface area contributed by atoms with Crippen molar-refractivity contribution in [3.8, 4) is 22.8 Å². The first-order valence-corrected chi connectivity index (χ1v) is 11.6. The van der Waals surface area contributed by atoms with Gasteiger partial charge in [-0.15, -0.1) is 0 Å². The van der Waals surface area contributed by atoms with Crippen molar-refractivity contribution >= 4 is 5.97 Å². The molecule has 1 aliphatic carbocycles. The maximum atomic E-state index is 12.8. The molecule has 2 aliphatic rings. The first-order chi connectivity index (χ1) is 15.8. The molecule has 1 aliphatic heterocycles. The van der Waals surface area contributed by atoms with Crippen LogP contribution in [0.5, 0.6) is 11.5 Å². The van der Waals surface area contributed by atoms with Crippen LogP contribution in [0, 0.1) is 11.3 Å². The highest BCUT2D eigenvalue weighted by Gasteiger charge is 2.44. The summed E-state index contributed by atoms with van der Waals surface area (Å²) < 4.78 is 24.4. The second-order valence-corrected chi connectivity index (χ2v) is 9.46. The monoisotopic (exact) mass is 455 g/mol. The van der Waals surface area contributed by atoms with Crippen molar-refractivity contribution in [2.24, 2.45) is 11.3 Å². The van der Waals surface area contributed by atoms with Crippen LogP contribution < -0.4 is 14.9 Å². The Kier molecular flexibility index (Phi) is 6.52. The van der Waals surface area contributed by atoms with Crippen LogP contribution >= 0.6 is 0 Å². The fourth-order valence-corrected chi connectivity index (χ4v) is 4.61. The molecular formula is C26H33NO6. The summed E-state index contributed by atoms with van der Waals surface area (Å²) in [6.07, 6.45) is 4.61. The first kappa shape index (κ1) is 23.4. The highest BCUT2D eigenvalue weighted by molar-refractivity contribution is 5.89. The van der Waals surface area contributed by atoms with Crippen molar-refractivity contribution in [2.75, 3.05) is 34.0 Å². The van der Waals surface area contributed by atoms with E-state index in [0.29, 0.717) is 24.7 Å². The second-order valence-electron chi connectivity index (χ2n) is 9.46. The fourth-order valence-electron chi connectivity index (χ4n) is 4.61. The summed E-state index contributed by atoms with van der Waals surface area (Å²) in [5.74, 6) is 1.04. The van der Waals surface area contributed by atoms with Gasteiger partial charge < -0.3 is 23.5 Å². The van der Waals surface area contributed by atoms with Gasteiger partial charge in [-0.25, -0.2) is 4.79 Å². The normalized spacial score (nSPS) is 17.8. The number of methoxy groups -OCH3 is 2. The number of pyridine rings is 1. The predicted molar refractivity (Wildman–Crippen MR) is 125 cm³/mol. The largest absolute Gasteiger partial charge is 0.493 e. The molecule has 0 N–H and O–H groups in total. The van der Waals surface area contributed by atoms with Crippen molar-refractivity contribution < 1.29 is 23.7 Å². The van der Waals surface area contributed by atoms with Crippen LogP contribution in [0.2, 0.25) is 0 Å². The van der Waals surface area contributed by atoms with Crippen molar-refractivity contribution in [2.45, 2.75) is 46.1 Å². The molecule has 2 aromatic rings. The van der Waals surface area contributed by atoms with E-state index in [1.165, 1.54) is 6.07 Å². The number of hydrogen-bond donors (Lipinski definition) is 0. The molecule has 0 radical (unpaired) electrons. The summed E-state index contributed by atoms with van der Waals surface area (Å²) in [7, 11) is 3.34. The average Bonchev–Trinajstić information content (AvgIpc) is 3.56. The van der Waals surface area contributed by atoms with E-state index in [9.17, 15) is 9.59 Å². The number of nitrogens with zero attached hydrogens (tertiary/aromatic N) is 1. The zero-order chi connectivity index (χ0) is 23.8. The second kappa shape index (κ2) is 9.21. The molecule has 2 heterocycles. The lowest BCUT2D eigenvalue weighted by molar-refractivity contribution is 0.0523. The van der Waals surface area contributed by atoms with Crippen LogP contribution in [0.3, 0.4) is 0 Å². The van der Waals surface area contributed by atoms with Gasteiger partial charge in [0.15, 0.2) is 16.9 Å². The van der Waals surface area contributed by atoms with E-state index in [-0.39, 0.29) is 35.0 Å². The van der Waals surface area contributed by atoms with Crippen molar-refractivity contribution in [1.29, 1.82) is 0 Å². The van der Waals surface area contributed by atoms with Gasteiger partial charge in [-0.05, 0) is 49.8 Å². The van der Waals surface area contributed by atoms with E-state index in [1.807, 2.05) is 16.7 Å². The molecule has 4 rings (SSSR count). The summed E-state index contributed by atoms with van der Waals surface area (Å²) in [5.41, 5.74) is 2.61. The summed E-state index contributed by atoms with van der Waals surface area (Å²) in [6, 6.07) is 5.61. The third-order valence-electron chi connectivity index (χ3n) is 6.74. The fraction of sp³-hybridized carbons (Fsp3) is 0.538. The van der Waals surface area contributed by atoms with Crippen LogP contribution in [0.15, 0.2) is 29.2 Å². The van der Waals surface area contributed by atoms with E-state index in [1.54, 1.807) is 27.3 Å². The van der Waals surface area contributed by atoms with Gasteiger partial charge in [-0.2, -0.15) is 0 Å². The molecule has 1 saturated carbocycles. The van der Waals surface area contributed by atoms with E-state index in [0.717, 1.165) is 36.1 Å². The van der Waals surface area contributed by atoms with Gasteiger partial charge in [0.2, 0.25) is 0 Å². The number of carbonyl (C=O) groups is 1. The van der Waals surface area contributed by atoms with E-state index in [2.05, 4.69) is 13.8 Å². The highest BCUT2D eigenvalue weighted by atomic mass is 16.5. The first-order valence-electron chi connectivity index (χ1n) is 11.6. The van der Waals surface area contributed by atoms with E-state index < -0.39 is 5.97 Å².